The summed E-state index contributed by atoms with van der Waals surface area (Å²) in [6.45, 7) is 0. The quantitative estimate of drug-likeness (QED) is 0.152. The van der Waals surface area contributed by atoms with E-state index in [0.717, 1.165) is 99.0 Å². The summed E-state index contributed by atoms with van der Waals surface area (Å²) in [4.78, 5) is 0. The molecule has 4 aliphatic heterocycles. The topological polar surface area (TPSA) is 36.9 Å². The minimum atomic E-state index is -0.540. The summed E-state index contributed by atoms with van der Waals surface area (Å²) < 4.78 is 28.5. The maximum Gasteiger partial charge on any atom is 0.132 e. The molecule has 59 heavy (non-hydrogen) atoms. The molecule has 0 aromatic heterocycles. The molecule has 288 valence electrons. The van der Waals surface area contributed by atoms with Crippen molar-refractivity contribution in [3.8, 4) is 46.0 Å². The Morgan fingerprint density at radius 2 is 0.593 bits per heavy atom. The summed E-state index contributed by atoms with van der Waals surface area (Å²) in [6.07, 6.45) is 1.90. The van der Waals surface area contributed by atoms with Crippen LogP contribution in [0, 0.1) is 0 Å². The van der Waals surface area contributed by atoms with Crippen molar-refractivity contribution in [1.29, 1.82) is 0 Å². The van der Waals surface area contributed by atoms with Gasteiger partial charge < -0.3 is 18.9 Å². The monoisotopic (exact) mass is 1020 g/mol. The second kappa shape index (κ2) is 15.8. The number of para-hydroxylation sites is 4. The molecule has 0 radical (unpaired) electrons. The maximum absolute atomic E-state index is 6.36. The lowest BCUT2D eigenvalue weighted by atomic mass is 9.62. The molecule has 0 bridgehead atoms. The van der Waals surface area contributed by atoms with Crippen molar-refractivity contribution in [2.24, 2.45) is 0 Å². The predicted molar refractivity (Wildman–Crippen MR) is 247 cm³/mol. The highest BCUT2D eigenvalue weighted by atomic mass is 79.9. The molecule has 12 rings (SSSR count). The van der Waals surface area contributed by atoms with Gasteiger partial charge in [-0.2, -0.15) is 0 Å². The highest BCUT2D eigenvalue weighted by Gasteiger charge is 2.50. The number of rotatable bonds is 0. The number of halogens is 4. The molecular formula is C51H32Br4O4. The van der Waals surface area contributed by atoms with Crippen LogP contribution in [0.1, 0.15) is 44.5 Å². The molecule has 0 unspecified atom stereocenters. The Bertz CT molecular complexity index is 2690. The van der Waals surface area contributed by atoms with Crippen LogP contribution in [0.5, 0.6) is 46.0 Å². The molecule has 0 aliphatic carbocycles. The molecule has 0 saturated heterocycles. The molecule has 4 nitrogen and oxygen atoms in total. The summed E-state index contributed by atoms with van der Waals surface area (Å²) >= 11 is 14.3. The first-order chi connectivity index (χ1) is 28.8. The van der Waals surface area contributed by atoms with Gasteiger partial charge >= 0.3 is 0 Å². The van der Waals surface area contributed by atoms with Gasteiger partial charge in [0, 0.05) is 64.1 Å². The van der Waals surface area contributed by atoms with Gasteiger partial charge in [0.2, 0.25) is 0 Å². The zero-order chi connectivity index (χ0) is 40.1. The highest BCUT2D eigenvalue weighted by molar-refractivity contribution is 9.11. The molecule has 0 amide bonds. The van der Waals surface area contributed by atoms with Gasteiger partial charge in [0.05, 0.1) is 5.41 Å². The van der Waals surface area contributed by atoms with Crippen LogP contribution in [0.3, 0.4) is 0 Å². The van der Waals surface area contributed by atoms with Crippen LogP contribution < -0.4 is 18.9 Å². The highest BCUT2D eigenvalue weighted by Crippen LogP contribution is 2.61. The first kappa shape index (κ1) is 38.1. The second-order valence-electron chi connectivity index (χ2n) is 14.5. The lowest BCUT2D eigenvalue weighted by Gasteiger charge is -2.44. The molecule has 8 heteroatoms. The molecule has 0 N–H and O–H groups in total. The number of hydrogen-bond donors (Lipinski definition) is 0. The summed E-state index contributed by atoms with van der Waals surface area (Å²) in [5, 5.41) is 0. The third kappa shape index (κ3) is 7.10. The van der Waals surface area contributed by atoms with E-state index < -0.39 is 5.41 Å². The van der Waals surface area contributed by atoms with Crippen molar-refractivity contribution in [2.45, 2.75) is 18.3 Å². The van der Waals surface area contributed by atoms with Crippen LogP contribution in [0.15, 0.2) is 188 Å². The van der Waals surface area contributed by atoms with Crippen LogP contribution in [-0.4, -0.2) is 0 Å². The Kier molecular flexibility index (Phi) is 10.2. The third-order valence-corrected chi connectivity index (χ3v) is 12.9. The van der Waals surface area contributed by atoms with Crippen molar-refractivity contribution >= 4 is 63.7 Å². The van der Waals surface area contributed by atoms with Gasteiger partial charge in [0.1, 0.15) is 46.0 Å². The van der Waals surface area contributed by atoms with Gasteiger partial charge in [-0.1, -0.05) is 137 Å². The normalized spacial score (nSPS) is 13.6. The van der Waals surface area contributed by atoms with Gasteiger partial charge in [-0.25, -0.2) is 0 Å². The van der Waals surface area contributed by atoms with E-state index in [1.165, 1.54) is 22.3 Å². The molecule has 0 atom stereocenters. The Hall–Kier alpha value is -5.12. The second-order valence-corrected chi connectivity index (χ2v) is 18.2. The average molecular weight is 1030 g/mol. The summed E-state index contributed by atoms with van der Waals surface area (Å²) in [5.74, 6) is 7.34. The van der Waals surface area contributed by atoms with Crippen molar-refractivity contribution in [1.82, 2.24) is 0 Å². The third-order valence-electron chi connectivity index (χ3n) is 10.9. The fourth-order valence-corrected chi connectivity index (χ4v) is 9.86. The van der Waals surface area contributed by atoms with Crippen LogP contribution in [0.4, 0.5) is 0 Å². The number of ether oxygens (including phenoxy) is 4. The standard InChI is InChI=1S/C25H14Br2O2.C13H8Br2O.C13H10O/c26-15-9-11-23-19(13-15)25(20-14-16(27)10-12-24(20)29-23)17-5-1-3-7-21(17)28-22-8-4-2-6-18(22)25;14-10-1-3-12-8(6-10)5-9-7-11(15)2-4-13(9)16-12;1-3-7-12-10(5-1)9-11-6-2-4-8-13(11)14-12/h1-14H;1-4,6-7H,5H2;1-8H,9H2. The van der Waals surface area contributed by atoms with E-state index in [2.05, 4.69) is 137 Å². The van der Waals surface area contributed by atoms with E-state index in [9.17, 15) is 0 Å². The predicted octanol–water partition coefficient (Wildman–Crippen LogP) is 16.1. The van der Waals surface area contributed by atoms with Gasteiger partial charge in [-0.05, 0) is 108 Å². The fraction of sp³-hybridized carbons (Fsp3) is 0.0588. The van der Waals surface area contributed by atoms with E-state index in [1.54, 1.807) is 0 Å². The molecule has 0 fully saturated rings. The molecule has 8 aromatic carbocycles. The van der Waals surface area contributed by atoms with E-state index in [1.807, 2.05) is 97.1 Å². The van der Waals surface area contributed by atoms with Crippen LogP contribution in [0.2, 0.25) is 0 Å². The lowest BCUT2D eigenvalue weighted by molar-refractivity contribution is 0.399. The molecule has 4 heterocycles. The van der Waals surface area contributed by atoms with E-state index >= 15 is 0 Å². The molecular weight excluding hydrogens is 996 g/mol. The fourth-order valence-electron chi connectivity index (χ4n) is 8.32. The molecule has 1 spiro atoms. The minimum absolute atomic E-state index is 0.540. The minimum Gasteiger partial charge on any atom is -0.457 e. The van der Waals surface area contributed by atoms with Crippen LogP contribution >= 0.6 is 63.7 Å². The number of hydrogen-bond acceptors (Lipinski definition) is 4. The Labute approximate surface area is 376 Å². The van der Waals surface area contributed by atoms with Crippen molar-refractivity contribution in [3.05, 3.63) is 232 Å². The van der Waals surface area contributed by atoms with Crippen molar-refractivity contribution in [2.75, 3.05) is 0 Å². The summed E-state index contributed by atoms with van der Waals surface area (Å²) in [5.41, 5.74) is 8.86. The van der Waals surface area contributed by atoms with Gasteiger partial charge in [-0.15, -0.1) is 0 Å². The SMILES string of the molecule is Brc1ccc2c(c1)C1(c3ccccc3Oc3ccccc31)c1cc(Br)ccc1O2.Brc1ccc2c(c1)Cc1cc(Br)ccc1O2.c1ccc2c(c1)Cc1ccccc1O2. The van der Waals surface area contributed by atoms with E-state index in [0.29, 0.717) is 0 Å². The molecule has 8 aromatic rings. The largest absolute Gasteiger partial charge is 0.457 e. The lowest BCUT2D eigenvalue weighted by Crippen LogP contribution is -2.36. The zero-order valence-corrected chi connectivity index (χ0v) is 37.6. The Morgan fingerprint density at radius 3 is 1.05 bits per heavy atom. The summed E-state index contributed by atoms with van der Waals surface area (Å²) in [6, 6.07) is 57.6. The zero-order valence-electron chi connectivity index (χ0n) is 31.2. The summed E-state index contributed by atoms with van der Waals surface area (Å²) in [7, 11) is 0. The first-order valence-electron chi connectivity index (χ1n) is 19.1. The smallest absolute Gasteiger partial charge is 0.132 e. The van der Waals surface area contributed by atoms with Crippen LogP contribution in [-0.2, 0) is 18.3 Å². The maximum atomic E-state index is 6.36. The van der Waals surface area contributed by atoms with Crippen molar-refractivity contribution < 1.29 is 18.9 Å². The Balaban J connectivity index is 0.000000118. The molecule has 0 saturated carbocycles. The molecule has 4 aliphatic rings. The van der Waals surface area contributed by atoms with Crippen LogP contribution in [0.25, 0.3) is 0 Å². The number of benzene rings is 8. The van der Waals surface area contributed by atoms with Gasteiger partial charge in [0.25, 0.3) is 0 Å². The van der Waals surface area contributed by atoms with Crippen molar-refractivity contribution in [3.63, 3.8) is 0 Å². The average Bonchev–Trinajstić information content (AvgIpc) is 3.26. The van der Waals surface area contributed by atoms with E-state index in [-0.39, 0.29) is 0 Å². The van der Waals surface area contributed by atoms with E-state index in [4.69, 9.17) is 18.9 Å². The van der Waals surface area contributed by atoms with Gasteiger partial charge in [0.15, 0.2) is 0 Å². The Morgan fingerprint density at radius 1 is 0.288 bits per heavy atom. The first-order valence-corrected chi connectivity index (χ1v) is 22.2. The van der Waals surface area contributed by atoms with Gasteiger partial charge in [-0.3, -0.25) is 0 Å². The number of fused-ring (bicyclic) bond motifs is 12.